The molecule has 0 fully saturated rings. The first-order valence-electron chi connectivity index (χ1n) is 9.09. The van der Waals surface area contributed by atoms with E-state index < -0.39 is 20.5 Å². The maximum Gasteiger partial charge on any atom is 0.178 e. The van der Waals surface area contributed by atoms with Crippen LogP contribution in [-0.2, 0) is 9.84 Å². The van der Waals surface area contributed by atoms with Gasteiger partial charge in [0, 0.05) is 39.4 Å². The van der Waals surface area contributed by atoms with Gasteiger partial charge in [-0.05, 0) is 6.07 Å². The number of methoxy groups -OCH3 is 1. The van der Waals surface area contributed by atoms with Crippen molar-refractivity contribution in [2.45, 2.75) is 4.90 Å². The average molecular weight is 473 g/mol. The number of thiazole rings is 1. The summed E-state index contributed by atoms with van der Waals surface area (Å²) in [4.78, 5) is 4.94. The molecule has 9 heteroatoms. The van der Waals surface area contributed by atoms with Gasteiger partial charge in [0.2, 0.25) is 0 Å². The molecule has 4 aromatic rings. The van der Waals surface area contributed by atoms with E-state index in [0.29, 0.717) is 5.69 Å². The van der Waals surface area contributed by atoms with Crippen molar-refractivity contribution < 1.29 is 17.5 Å². The van der Waals surface area contributed by atoms with Crippen LogP contribution in [0.2, 0.25) is 0 Å². The summed E-state index contributed by atoms with van der Waals surface area (Å²) in [7, 11) is -2.30. The van der Waals surface area contributed by atoms with Crippen LogP contribution in [0.15, 0.2) is 52.2 Å². The Morgan fingerprint density at radius 3 is 2.77 bits per heavy atom. The first-order valence-corrected chi connectivity index (χ1v) is 12.7. The average Bonchev–Trinajstić information content (AvgIpc) is 3.37. The molecular weight excluding hydrogens is 455 g/mol. The van der Waals surface area contributed by atoms with Crippen LogP contribution in [0, 0.1) is 17.7 Å². The van der Waals surface area contributed by atoms with E-state index in [2.05, 4.69) is 34.3 Å². The summed E-state index contributed by atoms with van der Waals surface area (Å²) in [6, 6.07) is 10.4. The van der Waals surface area contributed by atoms with E-state index >= 15 is 0 Å². The van der Waals surface area contributed by atoms with Crippen molar-refractivity contribution >= 4 is 48.3 Å². The lowest BCUT2D eigenvalue weighted by atomic mass is 10.1. The number of sulfone groups is 1. The topological polar surface area (TPSA) is 68.3 Å². The standard InChI is InChI=1S/C22H17FN2O3S3/c1-28-18-11-21(31(2,26)27)15(23)10-16(18)24-9-5-8-20-22(17-12-29-13-25-17)14-6-3-4-7-19(14)30-20/h3-4,6-7,10-13,24H,9H2,1-2H3. The minimum atomic E-state index is -3.70. The number of ether oxygens (including phenoxy) is 1. The Morgan fingerprint density at radius 1 is 1.26 bits per heavy atom. The van der Waals surface area contributed by atoms with Crippen LogP contribution in [0.4, 0.5) is 10.1 Å². The highest BCUT2D eigenvalue weighted by molar-refractivity contribution is 7.90. The molecule has 31 heavy (non-hydrogen) atoms. The van der Waals surface area contributed by atoms with Gasteiger partial charge in [0.1, 0.15) is 16.5 Å². The number of hydrogen-bond acceptors (Lipinski definition) is 7. The lowest BCUT2D eigenvalue weighted by molar-refractivity contribution is 0.413. The molecule has 0 unspecified atom stereocenters. The summed E-state index contributed by atoms with van der Waals surface area (Å²) in [5.41, 5.74) is 4.02. The molecular formula is C22H17FN2O3S3. The monoisotopic (exact) mass is 472 g/mol. The first-order chi connectivity index (χ1) is 14.9. The maximum atomic E-state index is 14.2. The second-order valence-corrected chi connectivity index (χ2v) is 10.3. The van der Waals surface area contributed by atoms with Gasteiger partial charge in [0.25, 0.3) is 0 Å². The van der Waals surface area contributed by atoms with Crippen LogP contribution >= 0.6 is 22.7 Å². The fourth-order valence-corrected chi connectivity index (χ4v) is 5.48. The number of aromatic nitrogens is 1. The normalized spacial score (nSPS) is 11.2. The maximum absolute atomic E-state index is 14.2. The number of fused-ring (bicyclic) bond motifs is 1. The number of anilines is 1. The molecule has 0 aliphatic carbocycles. The molecule has 1 N–H and O–H groups in total. The molecule has 158 valence electrons. The van der Waals surface area contributed by atoms with E-state index in [1.54, 1.807) is 16.8 Å². The van der Waals surface area contributed by atoms with E-state index in [9.17, 15) is 12.8 Å². The van der Waals surface area contributed by atoms with Crippen LogP contribution in [-0.4, -0.2) is 33.3 Å². The van der Waals surface area contributed by atoms with Crippen molar-refractivity contribution in [1.82, 2.24) is 4.98 Å². The predicted octanol–water partition coefficient (Wildman–Crippen LogP) is 5.04. The molecule has 0 saturated heterocycles. The van der Waals surface area contributed by atoms with Gasteiger partial charge in [0.05, 0.1) is 35.4 Å². The largest absolute Gasteiger partial charge is 0.495 e. The zero-order valence-electron chi connectivity index (χ0n) is 16.6. The summed E-state index contributed by atoms with van der Waals surface area (Å²) in [6.07, 6.45) is 0.953. The molecule has 0 amide bonds. The SMILES string of the molecule is COc1cc(S(C)(=O)=O)c(F)cc1NCC#Cc1sc2ccccc2c1-c1cscn1. The molecule has 4 rings (SSSR count). The van der Waals surface area contributed by atoms with Crippen LogP contribution in [0.25, 0.3) is 21.3 Å². The van der Waals surface area contributed by atoms with Gasteiger partial charge in [0.15, 0.2) is 9.84 Å². The van der Waals surface area contributed by atoms with Gasteiger partial charge >= 0.3 is 0 Å². The second kappa shape index (κ2) is 8.67. The second-order valence-electron chi connectivity index (χ2n) is 6.59. The Labute approximate surface area is 187 Å². The van der Waals surface area contributed by atoms with Crippen molar-refractivity contribution in [2.75, 3.05) is 25.2 Å². The predicted molar refractivity (Wildman–Crippen MR) is 124 cm³/mol. The summed E-state index contributed by atoms with van der Waals surface area (Å²) < 4.78 is 44.0. The summed E-state index contributed by atoms with van der Waals surface area (Å²) in [6.45, 7) is 0.221. The van der Waals surface area contributed by atoms with Crippen molar-refractivity contribution in [2.24, 2.45) is 0 Å². The molecule has 0 spiro atoms. The molecule has 2 aromatic heterocycles. The quantitative estimate of drug-likeness (QED) is 0.412. The lowest BCUT2D eigenvalue weighted by Gasteiger charge is -2.11. The van der Waals surface area contributed by atoms with Crippen LogP contribution in [0.5, 0.6) is 5.75 Å². The number of thiophene rings is 1. The molecule has 0 aliphatic heterocycles. The number of halogens is 1. The van der Waals surface area contributed by atoms with Gasteiger partial charge in [-0.2, -0.15) is 0 Å². The number of rotatable bonds is 5. The summed E-state index contributed by atoms with van der Waals surface area (Å²) in [5.74, 6) is 5.64. The summed E-state index contributed by atoms with van der Waals surface area (Å²) in [5, 5.41) is 6.10. The third-order valence-electron chi connectivity index (χ3n) is 4.51. The van der Waals surface area contributed by atoms with Gasteiger partial charge in [-0.25, -0.2) is 17.8 Å². The number of hydrogen-bond donors (Lipinski definition) is 1. The first kappa shape index (κ1) is 21.3. The molecule has 2 heterocycles. The number of nitrogens with one attached hydrogen (secondary N) is 1. The van der Waals surface area contributed by atoms with E-state index in [-0.39, 0.29) is 12.3 Å². The smallest absolute Gasteiger partial charge is 0.178 e. The lowest BCUT2D eigenvalue weighted by Crippen LogP contribution is -2.06. The fraction of sp³-hybridized carbons (Fsp3) is 0.136. The van der Waals surface area contributed by atoms with Crippen molar-refractivity contribution in [3.8, 4) is 28.8 Å². The Hall–Kier alpha value is -2.93. The third kappa shape index (κ3) is 4.42. The highest BCUT2D eigenvalue weighted by atomic mass is 32.2. The summed E-state index contributed by atoms with van der Waals surface area (Å²) >= 11 is 3.12. The molecule has 0 bridgehead atoms. The minimum absolute atomic E-state index is 0.221. The van der Waals surface area contributed by atoms with Gasteiger partial charge in [-0.3, -0.25) is 0 Å². The van der Waals surface area contributed by atoms with Crippen molar-refractivity contribution in [3.63, 3.8) is 0 Å². The van der Waals surface area contributed by atoms with E-state index in [0.717, 1.165) is 38.5 Å². The highest BCUT2D eigenvalue weighted by Crippen LogP contribution is 2.38. The number of benzene rings is 2. The van der Waals surface area contributed by atoms with E-state index in [1.807, 2.05) is 17.5 Å². The molecule has 5 nitrogen and oxygen atoms in total. The van der Waals surface area contributed by atoms with Crippen LogP contribution < -0.4 is 10.1 Å². The Bertz CT molecular complexity index is 1420. The molecule has 0 aliphatic rings. The van der Waals surface area contributed by atoms with Gasteiger partial charge in [-0.15, -0.1) is 22.7 Å². The minimum Gasteiger partial charge on any atom is -0.495 e. The Balaban J connectivity index is 1.62. The Kier molecular flexibility index (Phi) is 5.96. The molecule has 0 atom stereocenters. The van der Waals surface area contributed by atoms with Gasteiger partial charge < -0.3 is 10.1 Å². The van der Waals surface area contributed by atoms with Crippen molar-refractivity contribution in [3.05, 3.63) is 58.0 Å². The zero-order chi connectivity index (χ0) is 22.0. The van der Waals surface area contributed by atoms with E-state index in [4.69, 9.17) is 4.74 Å². The van der Waals surface area contributed by atoms with Gasteiger partial charge in [-0.1, -0.05) is 30.0 Å². The fourth-order valence-electron chi connectivity index (χ4n) is 3.11. The highest BCUT2D eigenvalue weighted by Gasteiger charge is 2.18. The molecule has 0 saturated carbocycles. The van der Waals surface area contributed by atoms with Crippen LogP contribution in [0.3, 0.4) is 0 Å². The van der Waals surface area contributed by atoms with E-state index in [1.165, 1.54) is 24.5 Å². The third-order valence-corrected chi connectivity index (χ3v) is 7.29. The van der Waals surface area contributed by atoms with Crippen molar-refractivity contribution in [1.29, 1.82) is 0 Å². The Morgan fingerprint density at radius 2 is 2.06 bits per heavy atom. The molecule has 2 aromatic carbocycles. The molecule has 0 radical (unpaired) electrons. The zero-order valence-corrected chi connectivity index (χ0v) is 19.1. The van der Waals surface area contributed by atoms with Crippen LogP contribution in [0.1, 0.15) is 4.88 Å². The number of nitrogens with zero attached hydrogens (tertiary/aromatic N) is 1.